The van der Waals surface area contributed by atoms with Crippen LogP contribution < -0.4 is 14.8 Å². The van der Waals surface area contributed by atoms with Gasteiger partial charge in [-0.05, 0) is 67.8 Å². The van der Waals surface area contributed by atoms with Crippen LogP contribution in [-0.2, 0) is 11.3 Å². The largest absolute Gasteiger partial charge is 0.497 e. The molecule has 152 valence electrons. The lowest BCUT2D eigenvalue weighted by molar-refractivity contribution is -0.128. The standard InChI is InChI=1S/C22H25N3O4/c1-5-19(28-18-11-14(2)10-15(3)12-18)22(26)23-13-20-24-21(25-29-20)16-6-8-17(27-4)9-7-16/h6-12,19H,5,13H2,1-4H3,(H,23,26)/t19-/m1/s1. The average molecular weight is 395 g/mol. The third-order valence-electron chi connectivity index (χ3n) is 4.37. The average Bonchev–Trinajstić information content (AvgIpc) is 3.18. The molecule has 0 aliphatic heterocycles. The number of benzene rings is 2. The topological polar surface area (TPSA) is 86.5 Å². The van der Waals surface area contributed by atoms with Gasteiger partial charge in [0.1, 0.15) is 11.5 Å². The molecule has 1 heterocycles. The summed E-state index contributed by atoms with van der Waals surface area (Å²) in [5.41, 5.74) is 2.98. The number of nitrogens with one attached hydrogen (secondary N) is 1. The molecule has 0 aliphatic carbocycles. The fourth-order valence-electron chi connectivity index (χ4n) is 2.95. The Balaban J connectivity index is 1.59. The third-order valence-corrected chi connectivity index (χ3v) is 4.37. The quantitative estimate of drug-likeness (QED) is 0.624. The molecule has 7 nitrogen and oxygen atoms in total. The monoisotopic (exact) mass is 395 g/mol. The van der Waals surface area contributed by atoms with Crippen LogP contribution in [0.2, 0.25) is 0 Å². The van der Waals surface area contributed by atoms with Crippen molar-refractivity contribution >= 4 is 5.91 Å². The molecule has 0 unspecified atom stereocenters. The van der Waals surface area contributed by atoms with Crippen LogP contribution in [0, 0.1) is 13.8 Å². The van der Waals surface area contributed by atoms with Gasteiger partial charge in [-0.15, -0.1) is 0 Å². The van der Waals surface area contributed by atoms with Gasteiger partial charge in [0.15, 0.2) is 6.10 Å². The summed E-state index contributed by atoms with van der Waals surface area (Å²) in [7, 11) is 1.61. The highest BCUT2D eigenvalue weighted by Gasteiger charge is 2.19. The SMILES string of the molecule is CC[C@@H](Oc1cc(C)cc(C)c1)C(=O)NCc1nc(-c2ccc(OC)cc2)no1. The zero-order valence-corrected chi connectivity index (χ0v) is 17.1. The number of hydrogen-bond acceptors (Lipinski definition) is 6. The number of rotatable bonds is 8. The fourth-order valence-corrected chi connectivity index (χ4v) is 2.95. The van der Waals surface area contributed by atoms with Gasteiger partial charge in [-0.2, -0.15) is 4.98 Å². The second-order valence-electron chi connectivity index (χ2n) is 6.80. The number of ether oxygens (including phenoxy) is 2. The molecule has 1 atom stereocenters. The van der Waals surface area contributed by atoms with Crippen molar-refractivity contribution < 1.29 is 18.8 Å². The fraction of sp³-hybridized carbons (Fsp3) is 0.318. The van der Waals surface area contributed by atoms with Crippen LogP contribution in [0.25, 0.3) is 11.4 Å². The van der Waals surface area contributed by atoms with E-state index in [0.717, 1.165) is 22.4 Å². The minimum absolute atomic E-state index is 0.134. The molecule has 0 aliphatic rings. The van der Waals surface area contributed by atoms with Crippen LogP contribution in [0.15, 0.2) is 47.0 Å². The first-order chi connectivity index (χ1) is 14.0. The molecule has 2 aromatic carbocycles. The maximum absolute atomic E-state index is 12.5. The number of nitrogens with zero attached hydrogens (tertiary/aromatic N) is 2. The Labute approximate surface area is 170 Å². The summed E-state index contributed by atoms with van der Waals surface area (Å²) >= 11 is 0. The van der Waals surface area contributed by atoms with E-state index in [2.05, 4.69) is 21.5 Å². The maximum atomic E-state index is 12.5. The van der Waals surface area contributed by atoms with Crippen LogP contribution in [0.4, 0.5) is 0 Å². The van der Waals surface area contributed by atoms with Gasteiger partial charge < -0.3 is 19.3 Å². The summed E-state index contributed by atoms with van der Waals surface area (Å²) in [4.78, 5) is 16.9. The lowest BCUT2D eigenvalue weighted by atomic mass is 10.1. The Kier molecular flexibility index (Phi) is 6.49. The first-order valence-corrected chi connectivity index (χ1v) is 9.48. The van der Waals surface area contributed by atoms with Crippen LogP contribution in [0.5, 0.6) is 11.5 Å². The summed E-state index contributed by atoms with van der Waals surface area (Å²) in [5.74, 6) is 1.99. The normalized spacial score (nSPS) is 11.7. The summed E-state index contributed by atoms with van der Waals surface area (Å²) < 4.78 is 16.3. The van der Waals surface area contributed by atoms with E-state index in [9.17, 15) is 4.79 Å². The smallest absolute Gasteiger partial charge is 0.261 e. The Bertz CT molecular complexity index is 946. The third kappa shape index (κ3) is 5.34. The Hall–Kier alpha value is -3.35. The molecule has 1 amide bonds. The second-order valence-corrected chi connectivity index (χ2v) is 6.80. The van der Waals surface area contributed by atoms with Crippen molar-refractivity contribution in [3.05, 3.63) is 59.5 Å². The number of aromatic nitrogens is 2. The summed E-state index contributed by atoms with van der Waals surface area (Å²) in [6.07, 6.45) is -0.0556. The molecule has 0 saturated heterocycles. The molecule has 0 fully saturated rings. The van der Waals surface area contributed by atoms with Crippen molar-refractivity contribution in [1.82, 2.24) is 15.5 Å². The van der Waals surface area contributed by atoms with Crippen LogP contribution >= 0.6 is 0 Å². The highest BCUT2D eigenvalue weighted by molar-refractivity contribution is 5.81. The van der Waals surface area contributed by atoms with E-state index >= 15 is 0 Å². The predicted molar refractivity (Wildman–Crippen MR) is 109 cm³/mol. The number of aryl methyl sites for hydroxylation is 2. The number of carbonyl (C=O) groups is 1. The summed E-state index contributed by atoms with van der Waals surface area (Å²) in [6.45, 7) is 6.03. The summed E-state index contributed by atoms with van der Waals surface area (Å²) in [6, 6.07) is 13.2. The van der Waals surface area contributed by atoms with Gasteiger partial charge in [0.25, 0.3) is 5.91 Å². The van der Waals surface area contributed by atoms with E-state index < -0.39 is 6.10 Å². The van der Waals surface area contributed by atoms with Crippen molar-refractivity contribution in [2.75, 3.05) is 7.11 Å². The van der Waals surface area contributed by atoms with Gasteiger partial charge in [0, 0.05) is 5.56 Å². The van der Waals surface area contributed by atoms with E-state index in [0.29, 0.717) is 23.9 Å². The molecular formula is C22H25N3O4. The molecule has 3 rings (SSSR count). The van der Waals surface area contributed by atoms with Gasteiger partial charge in [-0.1, -0.05) is 18.1 Å². The minimum atomic E-state index is -0.597. The van der Waals surface area contributed by atoms with Crippen molar-refractivity contribution in [3.8, 4) is 22.9 Å². The van der Waals surface area contributed by atoms with Crippen molar-refractivity contribution in [2.45, 2.75) is 39.8 Å². The maximum Gasteiger partial charge on any atom is 0.261 e. The lowest BCUT2D eigenvalue weighted by Crippen LogP contribution is -2.37. The first-order valence-electron chi connectivity index (χ1n) is 9.48. The van der Waals surface area contributed by atoms with Gasteiger partial charge in [-0.25, -0.2) is 0 Å². The zero-order chi connectivity index (χ0) is 20.8. The number of methoxy groups -OCH3 is 1. The van der Waals surface area contributed by atoms with Crippen LogP contribution in [-0.4, -0.2) is 29.3 Å². The van der Waals surface area contributed by atoms with E-state index in [1.807, 2.05) is 57.2 Å². The van der Waals surface area contributed by atoms with Crippen LogP contribution in [0.1, 0.15) is 30.4 Å². The second kappa shape index (κ2) is 9.23. The number of amides is 1. The van der Waals surface area contributed by atoms with Gasteiger partial charge in [0.05, 0.1) is 13.7 Å². The van der Waals surface area contributed by atoms with E-state index in [1.165, 1.54) is 0 Å². The molecule has 1 aromatic heterocycles. The molecule has 7 heteroatoms. The van der Waals surface area contributed by atoms with Gasteiger partial charge >= 0.3 is 0 Å². The number of carbonyl (C=O) groups excluding carboxylic acids is 1. The lowest BCUT2D eigenvalue weighted by Gasteiger charge is -2.17. The Morgan fingerprint density at radius 2 is 1.79 bits per heavy atom. The molecule has 29 heavy (non-hydrogen) atoms. The highest BCUT2D eigenvalue weighted by atomic mass is 16.5. The molecule has 0 bridgehead atoms. The molecule has 0 spiro atoms. The van der Waals surface area contributed by atoms with Gasteiger partial charge in [-0.3, -0.25) is 4.79 Å². The van der Waals surface area contributed by atoms with Crippen molar-refractivity contribution in [3.63, 3.8) is 0 Å². The molecule has 3 aromatic rings. The Morgan fingerprint density at radius 1 is 1.10 bits per heavy atom. The summed E-state index contributed by atoms with van der Waals surface area (Å²) in [5, 5.41) is 6.76. The van der Waals surface area contributed by atoms with E-state index in [-0.39, 0.29) is 12.5 Å². The zero-order valence-electron chi connectivity index (χ0n) is 17.1. The predicted octanol–water partition coefficient (Wildman–Crippen LogP) is 3.84. The molecule has 0 saturated carbocycles. The minimum Gasteiger partial charge on any atom is -0.497 e. The van der Waals surface area contributed by atoms with E-state index in [4.69, 9.17) is 14.0 Å². The van der Waals surface area contributed by atoms with Crippen molar-refractivity contribution in [1.29, 1.82) is 0 Å². The highest BCUT2D eigenvalue weighted by Crippen LogP contribution is 2.20. The first kappa shape index (κ1) is 20.4. The molecular weight excluding hydrogens is 370 g/mol. The van der Waals surface area contributed by atoms with Crippen molar-refractivity contribution in [2.24, 2.45) is 0 Å². The Morgan fingerprint density at radius 3 is 2.41 bits per heavy atom. The molecule has 1 N–H and O–H groups in total. The van der Waals surface area contributed by atoms with Crippen LogP contribution in [0.3, 0.4) is 0 Å². The van der Waals surface area contributed by atoms with E-state index in [1.54, 1.807) is 7.11 Å². The molecule has 0 radical (unpaired) electrons. The number of hydrogen-bond donors (Lipinski definition) is 1. The van der Waals surface area contributed by atoms with Gasteiger partial charge in [0.2, 0.25) is 11.7 Å².